The quantitative estimate of drug-likeness (QED) is 0.111. The van der Waals surface area contributed by atoms with E-state index in [9.17, 15) is 14.7 Å². The molecular weight excluding hydrogens is 606 g/mol. The van der Waals surface area contributed by atoms with Crippen molar-refractivity contribution in [1.29, 1.82) is 0 Å². The number of methoxy groups -OCH3 is 2. The van der Waals surface area contributed by atoms with Gasteiger partial charge in [-0.15, -0.1) is 20.5 Å². The Labute approximate surface area is 258 Å². The Balaban J connectivity index is 1.53. The van der Waals surface area contributed by atoms with Gasteiger partial charge >= 0.3 is 12.0 Å². The number of carbonyl (C=O) groups excluding carboxylic acids is 2. The van der Waals surface area contributed by atoms with Crippen LogP contribution in [0.15, 0.2) is 32.9 Å². The summed E-state index contributed by atoms with van der Waals surface area (Å²) < 4.78 is 15.1. The molecule has 5 aromatic rings. The number of ether oxygens (including phenoxy) is 2. The Morgan fingerprint density at radius 3 is 1.74 bits per heavy atom. The minimum Gasteiger partial charge on any atom is -0.467 e. The Bertz CT molecular complexity index is 1890. The van der Waals surface area contributed by atoms with Gasteiger partial charge in [-0.05, 0) is 13.8 Å². The van der Waals surface area contributed by atoms with Gasteiger partial charge in [-0.25, -0.2) is 14.2 Å². The maximum absolute atomic E-state index is 12.1. The average Bonchev–Trinajstić information content (AvgIpc) is 3.77. The van der Waals surface area contributed by atoms with Crippen LogP contribution in [0.4, 0.5) is 34.6 Å². The van der Waals surface area contributed by atoms with Gasteiger partial charge in [-0.1, -0.05) is 0 Å². The first-order chi connectivity index (χ1) is 22.0. The number of aliphatic hydroxyl groups is 1. The van der Waals surface area contributed by atoms with E-state index in [0.29, 0.717) is 11.4 Å². The number of ketones is 1. The molecule has 0 atom stereocenters. The number of rotatable bonds is 10. The van der Waals surface area contributed by atoms with Crippen molar-refractivity contribution in [1.82, 2.24) is 54.1 Å². The van der Waals surface area contributed by atoms with Crippen molar-refractivity contribution in [2.75, 3.05) is 32.3 Å². The summed E-state index contributed by atoms with van der Waals surface area (Å²) >= 11 is 0. The summed E-state index contributed by atoms with van der Waals surface area (Å²) in [5.41, 5.74) is 14.0. The zero-order chi connectivity index (χ0) is 33.3. The zero-order valence-electron chi connectivity index (χ0n) is 25.3. The molecule has 0 fully saturated rings. The minimum absolute atomic E-state index is 0.00523. The summed E-state index contributed by atoms with van der Waals surface area (Å²) in [5.74, 6) is -1.11. The highest BCUT2D eigenvalue weighted by Crippen LogP contribution is 2.33. The fraction of sp³-hybridized carbons (Fsp3) is 0.292. The third-order valence-electron chi connectivity index (χ3n) is 6.43. The molecule has 5 heterocycles. The number of hydrogen-bond donors (Lipinski definition) is 3. The van der Waals surface area contributed by atoms with Crippen LogP contribution in [-0.4, -0.2) is 91.8 Å². The third-order valence-corrected chi connectivity index (χ3v) is 6.43. The van der Waals surface area contributed by atoms with E-state index in [1.54, 1.807) is 27.9 Å². The summed E-state index contributed by atoms with van der Waals surface area (Å²) in [7, 11) is 5.74. The smallest absolute Gasteiger partial charge is 0.343 e. The van der Waals surface area contributed by atoms with Crippen LogP contribution in [0.5, 0.6) is 6.01 Å². The molecule has 0 aromatic carbocycles. The van der Waals surface area contributed by atoms with Crippen LogP contribution in [0.25, 0.3) is 11.9 Å². The number of Topliss-reactive ketones (excluding diaryl/α,β-unsaturated/α-hetero) is 1. The van der Waals surface area contributed by atoms with Gasteiger partial charge in [0.25, 0.3) is 11.9 Å². The monoisotopic (exact) mass is 633 g/mol. The molecule has 5 rings (SSSR count). The first-order valence-electron chi connectivity index (χ1n) is 13.1. The molecule has 0 spiro atoms. The number of aryl methyl sites for hydroxylation is 4. The number of azo groups is 2. The first kappa shape index (κ1) is 31.0. The van der Waals surface area contributed by atoms with Crippen molar-refractivity contribution < 1.29 is 24.2 Å². The summed E-state index contributed by atoms with van der Waals surface area (Å²) in [6, 6.07) is -0.119. The Morgan fingerprint density at radius 1 is 0.804 bits per heavy atom. The van der Waals surface area contributed by atoms with Crippen molar-refractivity contribution in [2.24, 2.45) is 34.6 Å². The van der Waals surface area contributed by atoms with Crippen LogP contribution < -0.4 is 16.2 Å². The summed E-state index contributed by atoms with van der Waals surface area (Å²) in [5, 5.41) is 42.7. The van der Waals surface area contributed by atoms with E-state index in [2.05, 4.69) is 55.8 Å². The number of aliphatic hydroxyl groups excluding tert-OH is 1. The molecule has 5 aromatic heterocycles. The minimum atomic E-state index is -0.720. The number of nitrogens with zero attached hydrogens (tertiary/aromatic N) is 15. The van der Waals surface area contributed by atoms with Gasteiger partial charge in [-0.3, -0.25) is 4.79 Å². The summed E-state index contributed by atoms with van der Waals surface area (Å²) in [6.07, 6.45) is 2.58. The molecular formula is C24H27N17O5. The first-order valence-corrected chi connectivity index (χ1v) is 13.1. The van der Waals surface area contributed by atoms with E-state index in [-0.39, 0.29) is 63.7 Å². The van der Waals surface area contributed by atoms with Gasteiger partial charge in [0.15, 0.2) is 40.4 Å². The number of nitrogens with two attached hydrogens (primary N) is 2. The molecule has 0 aliphatic heterocycles. The maximum atomic E-state index is 12.1. The van der Waals surface area contributed by atoms with Gasteiger partial charge in [0.1, 0.15) is 12.2 Å². The van der Waals surface area contributed by atoms with Crippen LogP contribution in [-0.2, 0) is 18.8 Å². The Morgan fingerprint density at radius 2 is 1.28 bits per heavy atom. The molecule has 46 heavy (non-hydrogen) atoms. The van der Waals surface area contributed by atoms with Crippen LogP contribution in [0.3, 0.4) is 0 Å². The SMILES string of the molecule is COC(=O)c1cnn(C)c1/N=N/c1c(C)nn(-c2nc(OC)nc(-n3nc(C)c(/N=N/c4c(C(=O)CO)cnn4C)c3N)n2)c1N. The lowest BCUT2D eigenvalue weighted by Crippen LogP contribution is -2.14. The van der Waals surface area contributed by atoms with E-state index in [1.165, 1.54) is 45.3 Å². The molecule has 0 aliphatic rings. The molecule has 0 amide bonds. The second-order valence-corrected chi connectivity index (χ2v) is 9.37. The molecule has 0 saturated heterocycles. The van der Waals surface area contributed by atoms with Gasteiger partial charge in [0.05, 0.1) is 43.6 Å². The van der Waals surface area contributed by atoms with Crippen molar-refractivity contribution in [3.63, 3.8) is 0 Å². The molecule has 0 radical (unpaired) electrons. The average molecular weight is 634 g/mol. The van der Waals surface area contributed by atoms with Crippen LogP contribution in [0.2, 0.25) is 0 Å². The predicted octanol–water partition coefficient (Wildman–Crippen LogP) is 1.29. The van der Waals surface area contributed by atoms with E-state index in [0.717, 1.165) is 0 Å². The van der Waals surface area contributed by atoms with Crippen molar-refractivity contribution in [2.45, 2.75) is 13.8 Å². The zero-order valence-corrected chi connectivity index (χ0v) is 25.3. The van der Waals surface area contributed by atoms with Crippen molar-refractivity contribution >= 4 is 46.4 Å². The highest BCUT2D eigenvalue weighted by molar-refractivity contribution is 6.00. The van der Waals surface area contributed by atoms with Gasteiger partial charge in [0, 0.05) is 14.1 Å². The number of hydrogen-bond acceptors (Lipinski definition) is 18. The van der Waals surface area contributed by atoms with E-state index < -0.39 is 18.4 Å². The van der Waals surface area contributed by atoms with Gasteiger partial charge in [-0.2, -0.15) is 44.7 Å². The van der Waals surface area contributed by atoms with E-state index >= 15 is 0 Å². The molecule has 0 bridgehead atoms. The number of aromatic nitrogens is 11. The molecule has 22 nitrogen and oxygen atoms in total. The number of anilines is 2. The highest BCUT2D eigenvalue weighted by Gasteiger charge is 2.23. The predicted molar refractivity (Wildman–Crippen MR) is 156 cm³/mol. The Hall–Kier alpha value is -6.45. The largest absolute Gasteiger partial charge is 0.467 e. The van der Waals surface area contributed by atoms with Crippen molar-refractivity contribution in [3.8, 4) is 17.9 Å². The highest BCUT2D eigenvalue weighted by atomic mass is 16.5. The second-order valence-electron chi connectivity index (χ2n) is 9.37. The van der Waals surface area contributed by atoms with E-state index in [4.69, 9.17) is 20.9 Å². The molecule has 22 heteroatoms. The number of esters is 1. The second kappa shape index (κ2) is 12.3. The lowest BCUT2D eigenvalue weighted by Gasteiger charge is -2.08. The fourth-order valence-electron chi connectivity index (χ4n) is 4.07. The molecule has 0 saturated carbocycles. The maximum Gasteiger partial charge on any atom is 0.343 e. The molecule has 238 valence electrons. The van der Waals surface area contributed by atoms with Crippen LogP contribution in [0.1, 0.15) is 32.1 Å². The molecule has 5 N–H and O–H groups in total. The third kappa shape index (κ3) is 5.49. The fourth-order valence-corrected chi connectivity index (χ4v) is 4.07. The number of nitrogen functional groups attached to an aromatic ring is 2. The van der Waals surface area contributed by atoms with Gasteiger partial charge in [0.2, 0.25) is 0 Å². The van der Waals surface area contributed by atoms with Crippen molar-refractivity contribution in [3.05, 3.63) is 34.9 Å². The van der Waals surface area contributed by atoms with E-state index in [1.807, 2.05) is 0 Å². The number of carbonyl (C=O) groups is 2. The summed E-state index contributed by atoms with van der Waals surface area (Å²) in [6.45, 7) is 2.55. The topological polar surface area (TPSA) is 284 Å². The lowest BCUT2D eigenvalue weighted by atomic mass is 10.2. The summed E-state index contributed by atoms with van der Waals surface area (Å²) in [4.78, 5) is 37.1. The Kier molecular flexibility index (Phi) is 8.27. The molecule has 0 unspecified atom stereocenters. The van der Waals surface area contributed by atoms with Crippen LogP contribution >= 0.6 is 0 Å². The normalized spacial score (nSPS) is 11.6. The standard InChI is InChI=1S/C24H27N17O5/c1-10-15(32-34-19-12(14(43)9-42)7-27-38(19)3)17(25)40(36-10)22-29-23(31-24(30-22)46-6)41-18(26)16(11(2)37-41)33-35-20-13(21(44)45-5)8-28-39(20)4/h7-8,42H,9,25-26H2,1-6H3/b34-32+,35-33+. The van der Waals surface area contributed by atoms with Crippen LogP contribution in [0, 0.1) is 13.8 Å². The lowest BCUT2D eigenvalue weighted by molar-refractivity contribution is 0.0601. The van der Waals surface area contributed by atoms with Gasteiger partial charge < -0.3 is 26.0 Å². The molecule has 0 aliphatic carbocycles.